The van der Waals surface area contributed by atoms with Gasteiger partial charge in [-0.3, -0.25) is 4.79 Å². The zero-order chi connectivity index (χ0) is 16.3. The number of aromatic hydroxyl groups is 1. The van der Waals surface area contributed by atoms with E-state index >= 15 is 0 Å². The summed E-state index contributed by atoms with van der Waals surface area (Å²) in [4.78, 5) is 12.4. The van der Waals surface area contributed by atoms with Crippen LogP contribution in [0.4, 0.5) is 0 Å². The molecule has 6 nitrogen and oxygen atoms in total. The zero-order valence-electron chi connectivity index (χ0n) is 12.2. The second-order valence-corrected chi connectivity index (χ2v) is 5.70. The Kier molecular flexibility index (Phi) is 5.52. The van der Waals surface area contributed by atoms with Crippen molar-refractivity contribution in [1.29, 1.82) is 0 Å². The number of carbonyl (C=O) groups is 1. The zero-order valence-corrected chi connectivity index (χ0v) is 13.7. The fraction of sp³-hybridized carbons (Fsp3) is 0.500. The van der Waals surface area contributed by atoms with E-state index in [2.05, 4.69) is 5.32 Å². The van der Waals surface area contributed by atoms with Crippen LogP contribution < -0.4 is 5.32 Å². The maximum atomic E-state index is 12.4. The van der Waals surface area contributed by atoms with E-state index in [1.807, 2.05) is 0 Å². The van der Waals surface area contributed by atoms with Gasteiger partial charge in [-0.25, -0.2) is 0 Å². The molecule has 0 bridgehead atoms. The Hall–Kier alpha value is -1.05. The lowest BCUT2D eigenvalue weighted by atomic mass is 10.0. The van der Waals surface area contributed by atoms with Gasteiger partial charge in [0.2, 0.25) is 0 Å². The predicted molar refractivity (Wildman–Crippen MR) is 81.6 cm³/mol. The summed E-state index contributed by atoms with van der Waals surface area (Å²) in [5.74, 6) is -1.86. The van der Waals surface area contributed by atoms with Crippen molar-refractivity contribution < 1.29 is 24.1 Å². The molecule has 1 heterocycles. The number of amides is 1. The summed E-state index contributed by atoms with van der Waals surface area (Å²) < 4.78 is 16.2. The largest absolute Gasteiger partial charge is 0.506 e. The van der Waals surface area contributed by atoms with E-state index in [1.165, 1.54) is 26.4 Å². The number of carbonyl (C=O) groups excluding carboxylic acids is 1. The van der Waals surface area contributed by atoms with Crippen LogP contribution in [0.5, 0.6) is 5.75 Å². The molecule has 1 aliphatic heterocycles. The Labute approximate surface area is 138 Å². The van der Waals surface area contributed by atoms with E-state index in [1.54, 1.807) is 0 Å². The van der Waals surface area contributed by atoms with E-state index in [9.17, 15) is 9.90 Å². The molecule has 122 valence electrons. The highest BCUT2D eigenvalue weighted by atomic mass is 35.5. The van der Waals surface area contributed by atoms with Crippen LogP contribution >= 0.6 is 23.2 Å². The topological polar surface area (TPSA) is 77.0 Å². The van der Waals surface area contributed by atoms with Gasteiger partial charge in [0.25, 0.3) is 5.91 Å². The monoisotopic (exact) mass is 349 g/mol. The minimum atomic E-state index is -0.980. The maximum absolute atomic E-state index is 12.4. The number of hydrogen-bond acceptors (Lipinski definition) is 5. The van der Waals surface area contributed by atoms with Gasteiger partial charge in [-0.05, 0) is 12.1 Å². The van der Waals surface area contributed by atoms with Gasteiger partial charge in [-0.15, -0.1) is 0 Å². The van der Waals surface area contributed by atoms with Crippen molar-refractivity contribution in [3.8, 4) is 5.75 Å². The van der Waals surface area contributed by atoms with Crippen LogP contribution in [0.1, 0.15) is 16.8 Å². The summed E-state index contributed by atoms with van der Waals surface area (Å²) in [5, 5.41) is 12.9. The highest BCUT2D eigenvalue weighted by Crippen LogP contribution is 2.32. The second kappa shape index (κ2) is 7.02. The molecule has 1 aliphatic rings. The molecule has 1 aromatic carbocycles. The van der Waals surface area contributed by atoms with Gasteiger partial charge in [-0.1, -0.05) is 23.2 Å². The lowest BCUT2D eigenvalue weighted by Crippen LogP contribution is -2.60. The Balaban J connectivity index is 2.24. The molecule has 1 atom stereocenters. The predicted octanol–water partition coefficient (Wildman–Crippen LogP) is 2.21. The molecule has 0 radical (unpaired) electrons. The molecule has 1 fully saturated rings. The molecule has 2 N–H and O–H groups in total. The molecule has 0 aliphatic carbocycles. The first-order valence-corrected chi connectivity index (χ1v) is 7.36. The normalized spacial score (nSPS) is 20.6. The number of phenolic OH excluding ortho intramolecular Hbond substituents is 1. The number of benzene rings is 1. The first-order valence-electron chi connectivity index (χ1n) is 6.60. The average Bonchev–Trinajstić information content (AvgIpc) is 2.51. The number of nitrogens with one attached hydrogen (secondary N) is 1. The summed E-state index contributed by atoms with van der Waals surface area (Å²) in [5.41, 5.74) is -0.0239. The van der Waals surface area contributed by atoms with E-state index < -0.39 is 17.7 Å². The van der Waals surface area contributed by atoms with Gasteiger partial charge in [0, 0.05) is 25.7 Å². The van der Waals surface area contributed by atoms with Crippen LogP contribution in [0, 0.1) is 0 Å². The molecule has 1 aromatic rings. The fourth-order valence-electron chi connectivity index (χ4n) is 2.42. The quantitative estimate of drug-likeness (QED) is 0.815. The summed E-state index contributed by atoms with van der Waals surface area (Å²) >= 11 is 11.7. The van der Waals surface area contributed by atoms with Gasteiger partial charge in [0.1, 0.15) is 11.8 Å². The molecular weight excluding hydrogens is 333 g/mol. The van der Waals surface area contributed by atoms with Crippen LogP contribution in [0.25, 0.3) is 0 Å². The van der Waals surface area contributed by atoms with Crippen LogP contribution in [-0.4, -0.2) is 50.3 Å². The number of ether oxygens (including phenoxy) is 3. The van der Waals surface area contributed by atoms with Crippen molar-refractivity contribution in [1.82, 2.24) is 5.32 Å². The van der Waals surface area contributed by atoms with Crippen LogP contribution in [0.3, 0.4) is 0 Å². The number of hydrogen-bond donors (Lipinski definition) is 2. The van der Waals surface area contributed by atoms with E-state index in [4.69, 9.17) is 37.4 Å². The average molecular weight is 350 g/mol. The van der Waals surface area contributed by atoms with Gasteiger partial charge in [0.05, 0.1) is 23.8 Å². The molecule has 0 aromatic heterocycles. The van der Waals surface area contributed by atoms with E-state index in [0.29, 0.717) is 13.0 Å². The first-order chi connectivity index (χ1) is 10.4. The van der Waals surface area contributed by atoms with Crippen molar-refractivity contribution in [3.05, 3.63) is 27.7 Å². The van der Waals surface area contributed by atoms with Crippen LogP contribution in [0.15, 0.2) is 12.1 Å². The lowest BCUT2D eigenvalue weighted by molar-refractivity contribution is -0.256. The Morgan fingerprint density at radius 1 is 1.41 bits per heavy atom. The standard InChI is InChI=1S/C14H17Cl2NO5/c1-20-14(21-2)3-4-22-7-11(14)17-13(19)9-5-8(15)6-10(16)12(9)18/h5-6,11,18H,3-4,7H2,1-2H3,(H,17,19). The Bertz CT molecular complexity index is 562. The summed E-state index contributed by atoms with van der Waals surface area (Å²) in [7, 11) is 3.00. The van der Waals surface area contributed by atoms with Crippen molar-refractivity contribution in [2.24, 2.45) is 0 Å². The van der Waals surface area contributed by atoms with Crippen molar-refractivity contribution in [3.63, 3.8) is 0 Å². The molecular formula is C14H17Cl2NO5. The smallest absolute Gasteiger partial charge is 0.255 e. The number of halogens is 2. The SMILES string of the molecule is COC1(OC)CCOCC1NC(=O)c1cc(Cl)cc(Cl)c1O. The minimum Gasteiger partial charge on any atom is -0.506 e. The minimum absolute atomic E-state index is 0.00212. The van der Waals surface area contributed by atoms with Gasteiger partial charge in [-0.2, -0.15) is 0 Å². The molecule has 0 spiro atoms. The number of phenols is 1. The van der Waals surface area contributed by atoms with Crippen molar-refractivity contribution >= 4 is 29.1 Å². The number of methoxy groups -OCH3 is 2. The third kappa shape index (κ3) is 3.31. The fourth-order valence-corrected chi connectivity index (χ4v) is 2.91. The first kappa shape index (κ1) is 17.3. The highest BCUT2D eigenvalue weighted by Gasteiger charge is 2.43. The van der Waals surface area contributed by atoms with Gasteiger partial charge >= 0.3 is 0 Å². The molecule has 2 rings (SSSR count). The molecule has 1 saturated heterocycles. The Morgan fingerprint density at radius 2 is 2.09 bits per heavy atom. The van der Waals surface area contributed by atoms with E-state index in [-0.39, 0.29) is 28.0 Å². The molecule has 1 amide bonds. The summed E-state index contributed by atoms with van der Waals surface area (Å²) in [6.45, 7) is 0.685. The second-order valence-electron chi connectivity index (χ2n) is 4.85. The summed E-state index contributed by atoms with van der Waals surface area (Å²) in [6, 6.07) is 2.15. The van der Waals surface area contributed by atoms with Gasteiger partial charge < -0.3 is 24.6 Å². The lowest BCUT2D eigenvalue weighted by Gasteiger charge is -2.41. The van der Waals surface area contributed by atoms with Gasteiger partial charge in [0.15, 0.2) is 5.79 Å². The van der Waals surface area contributed by atoms with Crippen molar-refractivity contribution in [2.45, 2.75) is 18.2 Å². The third-order valence-corrected chi connectivity index (χ3v) is 4.19. The third-order valence-electron chi connectivity index (χ3n) is 3.68. The molecule has 1 unspecified atom stereocenters. The molecule has 22 heavy (non-hydrogen) atoms. The Morgan fingerprint density at radius 3 is 2.73 bits per heavy atom. The highest BCUT2D eigenvalue weighted by molar-refractivity contribution is 6.36. The van der Waals surface area contributed by atoms with Crippen LogP contribution in [-0.2, 0) is 14.2 Å². The number of rotatable bonds is 4. The van der Waals surface area contributed by atoms with Crippen molar-refractivity contribution in [2.75, 3.05) is 27.4 Å². The van der Waals surface area contributed by atoms with Crippen LogP contribution in [0.2, 0.25) is 10.0 Å². The maximum Gasteiger partial charge on any atom is 0.255 e. The summed E-state index contributed by atoms with van der Waals surface area (Å²) in [6.07, 6.45) is 0.466. The molecule has 0 saturated carbocycles. The molecule has 8 heteroatoms. The van der Waals surface area contributed by atoms with E-state index in [0.717, 1.165) is 0 Å².